The van der Waals surface area contributed by atoms with Crippen molar-refractivity contribution in [3.63, 3.8) is 0 Å². The van der Waals surface area contributed by atoms with Crippen molar-refractivity contribution in [2.45, 2.75) is 39.0 Å². The van der Waals surface area contributed by atoms with E-state index >= 15 is 0 Å². The van der Waals surface area contributed by atoms with Gasteiger partial charge >= 0.3 is 0 Å². The summed E-state index contributed by atoms with van der Waals surface area (Å²) in [5, 5.41) is 0. The van der Waals surface area contributed by atoms with E-state index in [-0.39, 0.29) is 5.78 Å². The van der Waals surface area contributed by atoms with Gasteiger partial charge in [-0.25, -0.2) is 0 Å². The molecular formula is C17H25NO. The summed E-state index contributed by atoms with van der Waals surface area (Å²) in [6.07, 6.45) is 5.68. The van der Waals surface area contributed by atoms with Gasteiger partial charge in [-0.05, 0) is 38.3 Å². The van der Waals surface area contributed by atoms with Crippen molar-refractivity contribution in [1.29, 1.82) is 0 Å². The minimum atomic E-state index is 0.282. The second kappa shape index (κ2) is 7.44. The summed E-state index contributed by atoms with van der Waals surface area (Å²) in [7, 11) is 0. The van der Waals surface area contributed by atoms with E-state index in [1.54, 1.807) is 0 Å². The van der Waals surface area contributed by atoms with E-state index in [1.165, 1.54) is 32.4 Å². The van der Waals surface area contributed by atoms with Gasteiger partial charge < -0.3 is 4.90 Å². The number of hydrogen-bond acceptors (Lipinski definition) is 2. The maximum atomic E-state index is 12.0. The molecule has 1 unspecified atom stereocenters. The Kier molecular flexibility index (Phi) is 5.59. The van der Waals surface area contributed by atoms with Crippen LogP contribution in [-0.2, 0) is 0 Å². The summed E-state index contributed by atoms with van der Waals surface area (Å²) < 4.78 is 0. The van der Waals surface area contributed by atoms with Crippen molar-refractivity contribution in [3.05, 3.63) is 35.9 Å². The zero-order valence-electron chi connectivity index (χ0n) is 12.0. The second-order valence-electron chi connectivity index (χ2n) is 5.64. The van der Waals surface area contributed by atoms with Gasteiger partial charge in [0.15, 0.2) is 5.78 Å². The second-order valence-corrected chi connectivity index (χ2v) is 5.64. The lowest BCUT2D eigenvalue weighted by molar-refractivity contribution is 0.0976. The summed E-state index contributed by atoms with van der Waals surface area (Å²) in [4.78, 5) is 14.5. The molecule has 2 rings (SSSR count). The van der Waals surface area contributed by atoms with Crippen LogP contribution in [0.1, 0.15) is 49.4 Å². The summed E-state index contributed by atoms with van der Waals surface area (Å²) in [5.74, 6) is 1.18. The molecule has 0 saturated carbocycles. The Hall–Kier alpha value is -1.15. The molecule has 0 radical (unpaired) electrons. The lowest BCUT2D eigenvalue weighted by atomic mass is 10.0. The highest BCUT2D eigenvalue weighted by atomic mass is 16.1. The van der Waals surface area contributed by atoms with Crippen LogP contribution in [0, 0.1) is 5.92 Å². The van der Waals surface area contributed by atoms with Crippen LogP contribution >= 0.6 is 0 Å². The first-order valence-corrected chi connectivity index (χ1v) is 7.60. The number of rotatable bonds is 7. The number of hydrogen-bond donors (Lipinski definition) is 0. The van der Waals surface area contributed by atoms with Crippen LogP contribution in [0.4, 0.5) is 0 Å². The average Bonchev–Trinajstić information content (AvgIpc) is 2.88. The lowest BCUT2D eigenvalue weighted by Crippen LogP contribution is -2.22. The molecule has 0 N–H and O–H groups in total. The van der Waals surface area contributed by atoms with E-state index in [9.17, 15) is 4.79 Å². The Bertz CT molecular complexity index is 388. The summed E-state index contributed by atoms with van der Waals surface area (Å²) in [5.41, 5.74) is 0.854. The zero-order valence-corrected chi connectivity index (χ0v) is 12.0. The number of carbonyl (C=O) groups is 1. The van der Waals surface area contributed by atoms with Gasteiger partial charge in [-0.1, -0.05) is 43.7 Å². The van der Waals surface area contributed by atoms with E-state index in [0.717, 1.165) is 24.4 Å². The summed E-state index contributed by atoms with van der Waals surface area (Å²) in [6, 6.07) is 9.64. The quantitative estimate of drug-likeness (QED) is 0.695. The number of carbonyl (C=O) groups excluding carboxylic acids is 1. The van der Waals surface area contributed by atoms with Gasteiger partial charge in [-0.3, -0.25) is 4.79 Å². The van der Waals surface area contributed by atoms with Crippen molar-refractivity contribution in [1.82, 2.24) is 4.90 Å². The summed E-state index contributed by atoms with van der Waals surface area (Å²) >= 11 is 0. The van der Waals surface area contributed by atoms with Crippen LogP contribution in [0.5, 0.6) is 0 Å². The molecule has 104 valence electrons. The highest BCUT2D eigenvalue weighted by Gasteiger charge is 2.21. The highest BCUT2D eigenvalue weighted by molar-refractivity contribution is 5.95. The first-order chi connectivity index (χ1) is 9.29. The Morgan fingerprint density at radius 1 is 1.32 bits per heavy atom. The molecule has 0 spiro atoms. The van der Waals surface area contributed by atoms with Gasteiger partial charge in [-0.2, -0.15) is 0 Å². The van der Waals surface area contributed by atoms with Gasteiger partial charge in [0.2, 0.25) is 0 Å². The predicted molar refractivity (Wildman–Crippen MR) is 79.5 cm³/mol. The molecule has 1 fully saturated rings. The van der Waals surface area contributed by atoms with Gasteiger partial charge in [0.25, 0.3) is 0 Å². The monoisotopic (exact) mass is 259 g/mol. The molecule has 19 heavy (non-hydrogen) atoms. The van der Waals surface area contributed by atoms with E-state index in [1.807, 2.05) is 30.3 Å². The SMILES string of the molecule is CCCC1CCN(CCCC(=O)c2ccccc2)C1. The smallest absolute Gasteiger partial charge is 0.162 e. The third-order valence-corrected chi connectivity index (χ3v) is 4.04. The molecule has 0 bridgehead atoms. The highest BCUT2D eigenvalue weighted by Crippen LogP contribution is 2.21. The molecular weight excluding hydrogens is 234 g/mol. The molecule has 1 aromatic carbocycles. The maximum absolute atomic E-state index is 12.0. The topological polar surface area (TPSA) is 20.3 Å². The first-order valence-electron chi connectivity index (χ1n) is 7.60. The van der Waals surface area contributed by atoms with Crippen LogP contribution in [0.15, 0.2) is 30.3 Å². The van der Waals surface area contributed by atoms with Gasteiger partial charge in [-0.15, -0.1) is 0 Å². The first kappa shape index (κ1) is 14.3. The number of ketones is 1. The van der Waals surface area contributed by atoms with E-state index in [0.29, 0.717) is 6.42 Å². The summed E-state index contributed by atoms with van der Waals surface area (Å²) in [6.45, 7) is 5.82. The largest absolute Gasteiger partial charge is 0.303 e. The number of benzene rings is 1. The van der Waals surface area contributed by atoms with Gasteiger partial charge in [0.1, 0.15) is 0 Å². The Morgan fingerprint density at radius 2 is 2.11 bits per heavy atom. The van der Waals surface area contributed by atoms with Crippen molar-refractivity contribution in [2.24, 2.45) is 5.92 Å². The Balaban J connectivity index is 1.66. The van der Waals surface area contributed by atoms with Crippen LogP contribution in [-0.4, -0.2) is 30.3 Å². The minimum absolute atomic E-state index is 0.282. The fourth-order valence-electron chi connectivity index (χ4n) is 2.99. The molecule has 2 nitrogen and oxygen atoms in total. The molecule has 0 aromatic heterocycles. The molecule has 2 heteroatoms. The molecule has 1 atom stereocenters. The third-order valence-electron chi connectivity index (χ3n) is 4.04. The zero-order chi connectivity index (χ0) is 13.5. The van der Waals surface area contributed by atoms with Crippen LogP contribution in [0.3, 0.4) is 0 Å². The molecule has 1 saturated heterocycles. The predicted octanol–water partition coefficient (Wildman–Crippen LogP) is 3.77. The molecule has 0 aliphatic carbocycles. The van der Waals surface area contributed by atoms with Gasteiger partial charge in [0.05, 0.1) is 0 Å². The minimum Gasteiger partial charge on any atom is -0.303 e. The van der Waals surface area contributed by atoms with Crippen molar-refractivity contribution < 1.29 is 4.79 Å². The van der Waals surface area contributed by atoms with Crippen molar-refractivity contribution in [2.75, 3.05) is 19.6 Å². The van der Waals surface area contributed by atoms with E-state index < -0.39 is 0 Å². The Labute approximate surface area is 116 Å². The third kappa shape index (κ3) is 4.46. The van der Waals surface area contributed by atoms with E-state index in [4.69, 9.17) is 0 Å². The molecule has 1 aromatic rings. The fourth-order valence-corrected chi connectivity index (χ4v) is 2.99. The van der Waals surface area contributed by atoms with Gasteiger partial charge in [0, 0.05) is 18.5 Å². The lowest BCUT2D eigenvalue weighted by Gasteiger charge is -2.15. The van der Waals surface area contributed by atoms with Crippen LogP contribution in [0.25, 0.3) is 0 Å². The standard InChI is InChI=1S/C17H25NO/c1-2-7-15-11-13-18(14-15)12-6-10-17(19)16-8-4-3-5-9-16/h3-5,8-9,15H,2,6-7,10-14H2,1H3. The molecule has 1 heterocycles. The average molecular weight is 259 g/mol. The molecule has 0 amide bonds. The fraction of sp³-hybridized carbons (Fsp3) is 0.588. The van der Waals surface area contributed by atoms with Crippen LogP contribution in [0.2, 0.25) is 0 Å². The van der Waals surface area contributed by atoms with Crippen molar-refractivity contribution >= 4 is 5.78 Å². The number of likely N-dealkylation sites (tertiary alicyclic amines) is 1. The van der Waals surface area contributed by atoms with E-state index in [2.05, 4.69) is 11.8 Å². The Morgan fingerprint density at radius 3 is 2.84 bits per heavy atom. The van der Waals surface area contributed by atoms with Crippen LogP contribution < -0.4 is 0 Å². The number of nitrogens with zero attached hydrogens (tertiary/aromatic N) is 1. The molecule has 1 aliphatic rings. The van der Waals surface area contributed by atoms with Crippen molar-refractivity contribution in [3.8, 4) is 0 Å². The molecule has 1 aliphatic heterocycles. The maximum Gasteiger partial charge on any atom is 0.162 e. The number of Topliss-reactive ketones (excluding diaryl/α,β-unsaturated/α-hetero) is 1. The normalized spacial score (nSPS) is 19.7.